The number of aromatic nitrogens is 1. The number of halogens is 1. The summed E-state index contributed by atoms with van der Waals surface area (Å²) in [7, 11) is 0. The highest BCUT2D eigenvalue weighted by atomic mass is 79.9. The van der Waals surface area contributed by atoms with Crippen LogP contribution in [0.1, 0.15) is 43.0 Å². The van der Waals surface area contributed by atoms with Gasteiger partial charge in [-0.2, -0.15) is 0 Å². The van der Waals surface area contributed by atoms with Crippen molar-refractivity contribution in [3.05, 3.63) is 28.5 Å². The van der Waals surface area contributed by atoms with E-state index in [1.807, 2.05) is 0 Å². The third-order valence-electron chi connectivity index (χ3n) is 3.15. The number of rotatable bonds is 5. The molecule has 1 fully saturated rings. The van der Waals surface area contributed by atoms with E-state index >= 15 is 0 Å². The smallest absolute Gasteiger partial charge is 0.254 e. The number of hydrogen-bond acceptors (Lipinski definition) is 2. The maximum atomic E-state index is 12.1. The Bertz CT molecular complexity index is 404. The molecule has 1 saturated carbocycles. The number of carbonyl (C=O) groups is 1. The molecule has 0 aliphatic heterocycles. The zero-order chi connectivity index (χ0) is 12.3. The Morgan fingerprint density at radius 2 is 2.41 bits per heavy atom. The predicted molar refractivity (Wildman–Crippen MR) is 70.8 cm³/mol. The Labute approximate surface area is 110 Å². The van der Waals surface area contributed by atoms with Gasteiger partial charge in [0.1, 0.15) is 4.60 Å². The number of nitrogens with one attached hydrogen (secondary N) is 1. The van der Waals surface area contributed by atoms with Gasteiger partial charge in [0, 0.05) is 12.2 Å². The number of hydrogen-bond donors (Lipinski definition) is 1. The Morgan fingerprint density at radius 1 is 1.65 bits per heavy atom. The lowest BCUT2D eigenvalue weighted by atomic mass is 10.1. The van der Waals surface area contributed by atoms with Crippen LogP contribution in [0.4, 0.5) is 0 Å². The largest absolute Gasteiger partial charge is 0.349 e. The van der Waals surface area contributed by atoms with Gasteiger partial charge in [0.15, 0.2) is 0 Å². The van der Waals surface area contributed by atoms with Gasteiger partial charge < -0.3 is 5.32 Å². The zero-order valence-electron chi connectivity index (χ0n) is 9.95. The average Bonchev–Trinajstić information content (AvgIpc) is 3.12. The molecule has 1 unspecified atom stereocenters. The summed E-state index contributed by atoms with van der Waals surface area (Å²) in [6, 6.07) is 3.86. The summed E-state index contributed by atoms with van der Waals surface area (Å²) in [5.41, 5.74) is 0.613. The van der Waals surface area contributed by atoms with Crippen LogP contribution in [-0.2, 0) is 0 Å². The molecule has 1 aliphatic carbocycles. The molecule has 0 spiro atoms. The summed E-state index contributed by atoms with van der Waals surface area (Å²) >= 11 is 3.30. The molecule has 0 aromatic carbocycles. The first-order valence-electron chi connectivity index (χ1n) is 6.12. The van der Waals surface area contributed by atoms with E-state index in [-0.39, 0.29) is 5.91 Å². The first kappa shape index (κ1) is 12.6. The van der Waals surface area contributed by atoms with E-state index in [1.54, 1.807) is 18.3 Å². The lowest BCUT2D eigenvalue weighted by Gasteiger charge is -2.16. The van der Waals surface area contributed by atoms with Crippen LogP contribution in [-0.4, -0.2) is 16.9 Å². The van der Waals surface area contributed by atoms with E-state index in [0.29, 0.717) is 16.2 Å². The second-order valence-electron chi connectivity index (χ2n) is 4.60. The van der Waals surface area contributed by atoms with Crippen molar-refractivity contribution in [1.82, 2.24) is 10.3 Å². The van der Waals surface area contributed by atoms with Crippen molar-refractivity contribution in [2.45, 2.75) is 38.6 Å². The molecule has 1 N–H and O–H groups in total. The summed E-state index contributed by atoms with van der Waals surface area (Å²) < 4.78 is 0.610. The van der Waals surface area contributed by atoms with Crippen LogP contribution in [0.2, 0.25) is 0 Å². The van der Waals surface area contributed by atoms with Gasteiger partial charge in [0.2, 0.25) is 0 Å². The molecule has 4 heteroatoms. The van der Waals surface area contributed by atoms with Gasteiger partial charge in [-0.15, -0.1) is 0 Å². The summed E-state index contributed by atoms with van der Waals surface area (Å²) in [6.45, 7) is 2.12. The minimum absolute atomic E-state index is 0.0301. The second kappa shape index (κ2) is 5.63. The predicted octanol–water partition coefficient (Wildman–Crippen LogP) is 3.15. The van der Waals surface area contributed by atoms with E-state index in [1.165, 1.54) is 12.8 Å². The normalized spacial score (nSPS) is 16.6. The number of amides is 1. The maximum absolute atomic E-state index is 12.1. The molecule has 1 aromatic heterocycles. The molecule has 1 amide bonds. The van der Waals surface area contributed by atoms with E-state index in [2.05, 4.69) is 33.2 Å². The molecule has 0 radical (unpaired) electrons. The second-order valence-corrected chi connectivity index (χ2v) is 5.35. The van der Waals surface area contributed by atoms with E-state index in [9.17, 15) is 4.79 Å². The molecule has 0 saturated heterocycles. The fraction of sp³-hybridized carbons (Fsp3) is 0.538. The molecule has 92 valence electrons. The minimum atomic E-state index is -0.0301. The SMILES string of the molecule is CCC(CC1CC1)NC(=O)c1cccnc1Br. The quantitative estimate of drug-likeness (QED) is 0.848. The monoisotopic (exact) mass is 296 g/mol. The fourth-order valence-electron chi connectivity index (χ4n) is 1.90. The van der Waals surface area contributed by atoms with Crippen molar-refractivity contribution in [3.63, 3.8) is 0 Å². The van der Waals surface area contributed by atoms with Gasteiger partial charge in [-0.1, -0.05) is 19.8 Å². The Morgan fingerprint density at radius 3 is 3.00 bits per heavy atom. The van der Waals surface area contributed by atoms with Crippen LogP contribution in [0.3, 0.4) is 0 Å². The van der Waals surface area contributed by atoms with Crippen LogP contribution in [0, 0.1) is 5.92 Å². The fourth-order valence-corrected chi connectivity index (χ4v) is 2.33. The molecule has 3 nitrogen and oxygen atoms in total. The van der Waals surface area contributed by atoms with Crippen molar-refractivity contribution < 1.29 is 4.79 Å². The molecular weight excluding hydrogens is 280 g/mol. The molecule has 1 atom stereocenters. The minimum Gasteiger partial charge on any atom is -0.349 e. The third-order valence-corrected chi connectivity index (χ3v) is 3.78. The molecule has 2 rings (SSSR count). The van der Waals surface area contributed by atoms with Gasteiger partial charge in [0.25, 0.3) is 5.91 Å². The van der Waals surface area contributed by atoms with Gasteiger partial charge in [0.05, 0.1) is 5.56 Å². The van der Waals surface area contributed by atoms with Crippen molar-refractivity contribution in [2.24, 2.45) is 5.92 Å². The van der Waals surface area contributed by atoms with Crippen LogP contribution < -0.4 is 5.32 Å². The summed E-state index contributed by atoms with van der Waals surface area (Å²) in [5, 5.41) is 3.09. The van der Waals surface area contributed by atoms with Crippen molar-refractivity contribution in [3.8, 4) is 0 Å². The average molecular weight is 297 g/mol. The first-order valence-corrected chi connectivity index (χ1v) is 6.91. The van der Waals surface area contributed by atoms with E-state index < -0.39 is 0 Å². The lowest BCUT2D eigenvalue weighted by molar-refractivity contribution is 0.0931. The summed E-state index contributed by atoms with van der Waals surface area (Å²) in [4.78, 5) is 16.1. The topological polar surface area (TPSA) is 42.0 Å². The number of pyridine rings is 1. The standard InChI is InChI=1S/C13H17BrN2O/c1-2-10(8-9-5-6-9)16-13(17)11-4-3-7-15-12(11)14/h3-4,7,9-10H,2,5-6,8H2,1H3,(H,16,17). The van der Waals surface area contributed by atoms with Gasteiger partial charge in [-0.3, -0.25) is 4.79 Å². The van der Waals surface area contributed by atoms with Gasteiger partial charge in [-0.05, 0) is 46.8 Å². The number of carbonyl (C=O) groups excluding carboxylic acids is 1. The van der Waals surface area contributed by atoms with Crippen molar-refractivity contribution >= 4 is 21.8 Å². The first-order chi connectivity index (χ1) is 8.20. The van der Waals surface area contributed by atoms with Crippen LogP contribution >= 0.6 is 15.9 Å². The van der Waals surface area contributed by atoms with Crippen LogP contribution in [0.5, 0.6) is 0 Å². The Kier molecular flexibility index (Phi) is 4.15. The third kappa shape index (κ3) is 3.53. The highest BCUT2D eigenvalue weighted by molar-refractivity contribution is 9.10. The van der Waals surface area contributed by atoms with Gasteiger partial charge in [-0.25, -0.2) is 4.98 Å². The zero-order valence-corrected chi connectivity index (χ0v) is 11.5. The van der Waals surface area contributed by atoms with Crippen molar-refractivity contribution in [1.29, 1.82) is 0 Å². The van der Waals surface area contributed by atoms with Crippen molar-refractivity contribution in [2.75, 3.05) is 0 Å². The summed E-state index contributed by atoms with van der Waals surface area (Å²) in [5.74, 6) is 0.801. The number of nitrogens with zero attached hydrogens (tertiary/aromatic N) is 1. The Balaban J connectivity index is 1.97. The molecule has 1 aliphatic rings. The van der Waals surface area contributed by atoms with Crippen LogP contribution in [0.25, 0.3) is 0 Å². The molecular formula is C13H17BrN2O. The highest BCUT2D eigenvalue weighted by Gasteiger charge is 2.25. The highest BCUT2D eigenvalue weighted by Crippen LogP contribution is 2.34. The van der Waals surface area contributed by atoms with Crippen LogP contribution in [0.15, 0.2) is 22.9 Å². The molecule has 17 heavy (non-hydrogen) atoms. The lowest BCUT2D eigenvalue weighted by Crippen LogP contribution is -2.35. The summed E-state index contributed by atoms with van der Waals surface area (Å²) in [6.07, 6.45) is 6.41. The van der Waals surface area contributed by atoms with Gasteiger partial charge >= 0.3 is 0 Å². The van der Waals surface area contributed by atoms with E-state index in [0.717, 1.165) is 18.8 Å². The van der Waals surface area contributed by atoms with E-state index in [4.69, 9.17) is 0 Å². The molecule has 0 bridgehead atoms. The maximum Gasteiger partial charge on any atom is 0.254 e. The molecule has 1 aromatic rings. The Hall–Kier alpha value is -0.900. The molecule has 1 heterocycles.